The summed E-state index contributed by atoms with van der Waals surface area (Å²) in [5, 5.41) is 28.2. The number of fused-ring (bicyclic) bond motifs is 1. The van der Waals surface area contributed by atoms with Gasteiger partial charge in [-0.05, 0) is 24.3 Å². The molecule has 1 aliphatic rings. The standard InChI is InChI=1S/C16H9FN2O2S/c17-10-3-9(6-18)4-11(5-10)21-14-1-2-15-16(12(14)7-19)13(20)8-22-15/h1-5,13,20H,8H2. The predicted octanol–water partition coefficient (Wildman–Crippen LogP) is 3.50. The zero-order chi connectivity index (χ0) is 15.7. The van der Waals surface area contributed by atoms with Gasteiger partial charge in [-0.1, -0.05) is 0 Å². The minimum Gasteiger partial charge on any atom is -0.456 e. The van der Waals surface area contributed by atoms with E-state index in [1.807, 2.05) is 12.1 Å². The van der Waals surface area contributed by atoms with Crippen LogP contribution in [0.4, 0.5) is 4.39 Å². The Hall–Kier alpha value is -2.54. The Morgan fingerprint density at radius 1 is 1.23 bits per heavy atom. The van der Waals surface area contributed by atoms with Gasteiger partial charge in [0.15, 0.2) is 0 Å². The molecule has 4 nitrogen and oxygen atoms in total. The quantitative estimate of drug-likeness (QED) is 0.918. The number of hydrogen-bond acceptors (Lipinski definition) is 5. The second-order valence-electron chi connectivity index (χ2n) is 4.68. The molecule has 0 spiro atoms. The monoisotopic (exact) mass is 312 g/mol. The number of nitrogens with zero attached hydrogens (tertiary/aromatic N) is 2. The van der Waals surface area contributed by atoms with Gasteiger partial charge in [-0.2, -0.15) is 10.5 Å². The molecule has 1 atom stereocenters. The summed E-state index contributed by atoms with van der Waals surface area (Å²) in [6, 6.07) is 10.9. The van der Waals surface area contributed by atoms with Gasteiger partial charge < -0.3 is 9.84 Å². The maximum Gasteiger partial charge on any atom is 0.145 e. The third kappa shape index (κ3) is 2.50. The van der Waals surface area contributed by atoms with Crippen LogP contribution < -0.4 is 4.74 Å². The molecule has 22 heavy (non-hydrogen) atoms. The first-order valence-corrected chi connectivity index (χ1v) is 7.37. The van der Waals surface area contributed by atoms with Crippen LogP contribution in [0, 0.1) is 28.5 Å². The molecular formula is C16H9FN2O2S. The molecular weight excluding hydrogens is 303 g/mol. The van der Waals surface area contributed by atoms with E-state index in [-0.39, 0.29) is 22.6 Å². The lowest BCUT2D eigenvalue weighted by Crippen LogP contribution is -2.00. The Bertz CT molecular complexity index is 839. The highest BCUT2D eigenvalue weighted by Crippen LogP contribution is 2.43. The molecule has 1 N–H and O–H groups in total. The van der Waals surface area contributed by atoms with Crippen LogP contribution in [0.2, 0.25) is 0 Å². The summed E-state index contributed by atoms with van der Waals surface area (Å²) < 4.78 is 19.0. The highest BCUT2D eigenvalue weighted by atomic mass is 32.2. The zero-order valence-corrected chi connectivity index (χ0v) is 12.0. The first-order chi connectivity index (χ1) is 10.6. The molecule has 0 fully saturated rings. The largest absolute Gasteiger partial charge is 0.456 e. The molecule has 0 aromatic heterocycles. The summed E-state index contributed by atoms with van der Waals surface area (Å²) in [7, 11) is 0. The van der Waals surface area contributed by atoms with Gasteiger partial charge in [0, 0.05) is 22.3 Å². The van der Waals surface area contributed by atoms with Gasteiger partial charge in [0.1, 0.15) is 28.9 Å². The van der Waals surface area contributed by atoms with E-state index in [0.29, 0.717) is 11.3 Å². The van der Waals surface area contributed by atoms with Gasteiger partial charge in [0.05, 0.1) is 17.7 Å². The highest BCUT2D eigenvalue weighted by Gasteiger charge is 2.27. The molecule has 3 rings (SSSR count). The Morgan fingerprint density at radius 3 is 2.77 bits per heavy atom. The van der Waals surface area contributed by atoms with Gasteiger partial charge in [-0.3, -0.25) is 0 Å². The average molecular weight is 312 g/mol. The first-order valence-electron chi connectivity index (χ1n) is 6.39. The maximum atomic E-state index is 13.4. The van der Waals surface area contributed by atoms with Crippen molar-refractivity contribution in [2.75, 3.05) is 5.75 Å². The van der Waals surface area contributed by atoms with Crippen molar-refractivity contribution in [2.45, 2.75) is 11.0 Å². The van der Waals surface area contributed by atoms with E-state index < -0.39 is 11.9 Å². The molecule has 0 bridgehead atoms. The van der Waals surface area contributed by atoms with E-state index >= 15 is 0 Å². The van der Waals surface area contributed by atoms with Crippen LogP contribution in [0.3, 0.4) is 0 Å². The van der Waals surface area contributed by atoms with Crippen LogP contribution in [0.25, 0.3) is 0 Å². The topological polar surface area (TPSA) is 77.0 Å². The van der Waals surface area contributed by atoms with Crippen LogP contribution in [0.5, 0.6) is 11.5 Å². The van der Waals surface area contributed by atoms with Gasteiger partial charge >= 0.3 is 0 Å². The number of benzene rings is 2. The summed E-state index contributed by atoms with van der Waals surface area (Å²) >= 11 is 1.47. The third-order valence-electron chi connectivity index (χ3n) is 3.24. The maximum absolute atomic E-state index is 13.4. The summed E-state index contributed by atoms with van der Waals surface area (Å²) in [6.07, 6.45) is -0.722. The van der Waals surface area contributed by atoms with Crippen LogP contribution >= 0.6 is 11.8 Å². The molecule has 0 saturated heterocycles. The summed E-state index contributed by atoms with van der Waals surface area (Å²) in [6.45, 7) is 0. The first kappa shape index (κ1) is 14.4. The van der Waals surface area contributed by atoms with Crippen molar-refractivity contribution in [2.24, 2.45) is 0 Å². The predicted molar refractivity (Wildman–Crippen MR) is 78.0 cm³/mol. The van der Waals surface area contributed by atoms with Gasteiger partial charge in [-0.15, -0.1) is 11.8 Å². The van der Waals surface area contributed by atoms with Crippen LogP contribution in [-0.4, -0.2) is 10.9 Å². The molecule has 2 aromatic carbocycles. The van der Waals surface area contributed by atoms with Crippen LogP contribution in [0.15, 0.2) is 35.2 Å². The van der Waals surface area contributed by atoms with Gasteiger partial charge in [-0.25, -0.2) is 4.39 Å². The lowest BCUT2D eigenvalue weighted by atomic mass is 10.0. The van der Waals surface area contributed by atoms with Crippen molar-refractivity contribution in [1.82, 2.24) is 0 Å². The Kier molecular flexibility index (Phi) is 3.72. The second kappa shape index (κ2) is 5.69. The molecule has 1 unspecified atom stereocenters. The molecule has 1 aliphatic heterocycles. The Balaban J connectivity index is 2.04. The fourth-order valence-corrected chi connectivity index (χ4v) is 3.36. The van der Waals surface area contributed by atoms with Gasteiger partial charge in [0.2, 0.25) is 0 Å². The van der Waals surface area contributed by atoms with Crippen molar-refractivity contribution in [1.29, 1.82) is 10.5 Å². The zero-order valence-electron chi connectivity index (χ0n) is 11.2. The summed E-state index contributed by atoms with van der Waals surface area (Å²) in [4.78, 5) is 0.841. The summed E-state index contributed by atoms with van der Waals surface area (Å²) in [5.74, 6) is 0.265. The average Bonchev–Trinajstić information content (AvgIpc) is 2.88. The fraction of sp³-hybridized carbons (Fsp3) is 0.125. The number of halogens is 1. The second-order valence-corrected chi connectivity index (χ2v) is 5.74. The van der Waals surface area contributed by atoms with Crippen LogP contribution in [-0.2, 0) is 0 Å². The minimum atomic E-state index is -0.722. The molecule has 0 aliphatic carbocycles. The Labute approximate surface area is 130 Å². The van der Waals surface area contributed by atoms with Gasteiger partial charge in [0.25, 0.3) is 0 Å². The van der Waals surface area contributed by atoms with E-state index in [4.69, 9.17) is 10.00 Å². The number of ether oxygens (including phenoxy) is 1. The lowest BCUT2D eigenvalue weighted by Gasteiger charge is -2.12. The fourth-order valence-electron chi connectivity index (χ4n) is 2.30. The van der Waals surface area contributed by atoms with Crippen molar-refractivity contribution in [3.63, 3.8) is 0 Å². The summed E-state index contributed by atoms with van der Waals surface area (Å²) in [5.41, 5.74) is 0.907. The number of nitriles is 2. The molecule has 0 radical (unpaired) electrons. The van der Waals surface area contributed by atoms with E-state index in [9.17, 15) is 14.8 Å². The Morgan fingerprint density at radius 2 is 2.05 bits per heavy atom. The van der Waals surface area contributed by atoms with E-state index in [1.54, 1.807) is 12.1 Å². The van der Waals surface area contributed by atoms with Crippen LogP contribution in [0.1, 0.15) is 22.8 Å². The van der Waals surface area contributed by atoms with E-state index in [1.165, 1.54) is 17.8 Å². The van der Waals surface area contributed by atoms with Crippen molar-refractivity contribution >= 4 is 11.8 Å². The molecule has 0 amide bonds. The molecule has 1 heterocycles. The SMILES string of the molecule is N#Cc1cc(F)cc(Oc2ccc3c(c2C#N)C(O)CS3)c1. The number of aliphatic hydroxyl groups excluding tert-OH is 1. The number of hydrogen-bond donors (Lipinski definition) is 1. The number of aliphatic hydroxyl groups is 1. The normalized spacial score (nSPS) is 15.7. The van der Waals surface area contributed by atoms with Crippen molar-refractivity contribution in [3.05, 3.63) is 52.8 Å². The van der Waals surface area contributed by atoms with Crippen molar-refractivity contribution < 1.29 is 14.2 Å². The minimum absolute atomic E-state index is 0.130. The molecule has 6 heteroatoms. The molecule has 2 aromatic rings. The number of rotatable bonds is 2. The van der Waals surface area contributed by atoms with E-state index in [0.717, 1.165) is 17.0 Å². The highest BCUT2D eigenvalue weighted by molar-refractivity contribution is 7.99. The number of thioether (sulfide) groups is 1. The molecule has 108 valence electrons. The van der Waals surface area contributed by atoms with E-state index in [2.05, 4.69) is 0 Å². The smallest absolute Gasteiger partial charge is 0.145 e. The lowest BCUT2D eigenvalue weighted by molar-refractivity contribution is 0.204. The van der Waals surface area contributed by atoms with Crippen molar-refractivity contribution in [3.8, 4) is 23.6 Å². The molecule has 0 saturated carbocycles. The third-order valence-corrected chi connectivity index (χ3v) is 4.39.